The quantitative estimate of drug-likeness (QED) is 0.423. The maximum atomic E-state index is 9.45. The van der Waals surface area contributed by atoms with E-state index in [0.717, 1.165) is 36.5 Å². The summed E-state index contributed by atoms with van der Waals surface area (Å²) < 4.78 is 5.73. The number of nitrogens with zero attached hydrogens (tertiary/aromatic N) is 1. The van der Waals surface area contributed by atoms with Crippen LogP contribution in [-0.2, 0) is 4.74 Å². The molecule has 0 radical (unpaired) electrons. The summed E-state index contributed by atoms with van der Waals surface area (Å²) in [5.74, 6) is 4.50. The number of nitriles is 1. The normalized spacial score (nSPS) is 43.9. The molecular weight excluding hydrogens is 366 g/mol. The first-order valence-electron chi connectivity index (χ1n) is 13.0. The predicted octanol–water partition coefficient (Wildman–Crippen LogP) is 7.55. The van der Waals surface area contributed by atoms with Gasteiger partial charge in [0.1, 0.15) is 0 Å². The highest BCUT2D eigenvalue weighted by molar-refractivity contribution is 5.26. The maximum Gasteiger partial charge on any atom is 0.0659 e. The lowest BCUT2D eigenvalue weighted by Gasteiger charge is -2.58. The lowest BCUT2D eigenvalue weighted by atomic mass is 9.47. The summed E-state index contributed by atoms with van der Waals surface area (Å²) in [5, 5.41) is 9.45. The highest BCUT2D eigenvalue weighted by Gasteiger charge is 2.58. The van der Waals surface area contributed by atoms with Crippen LogP contribution in [0.4, 0.5) is 0 Å². The zero-order chi connectivity index (χ0) is 21.5. The average Bonchev–Trinajstić information content (AvgIpc) is 3.06. The molecule has 3 saturated carbocycles. The fraction of sp³-hybridized carbons (Fsp3) is 0.893. The van der Waals surface area contributed by atoms with Crippen LogP contribution in [0.1, 0.15) is 98.3 Å². The van der Waals surface area contributed by atoms with Crippen LogP contribution in [0.3, 0.4) is 0 Å². The molecule has 4 aliphatic rings. The molecule has 8 atom stereocenters. The minimum absolute atomic E-state index is 0.271. The first-order valence-corrected chi connectivity index (χ1v) is 13.0. The van der Waals surface area contributed by atoms with Crippen molar-refractivity contribution in [2.45, 2.75) is 104 Å². The Bertz CT molecular complexity index is 689. The molecule has 0 aliphatic heterocycles. The molecule has 0 aromatic heterocycles. The molecule has 0 saturated heterocycles. The van der Waals surface area contributed by atoms with Crippen LogP contribution in [0.15, 0.2) is 11.6 Å². The van der Waals surface area contributed by atoms with Crippen molar-refractivity contribution in [2.24, 2.45) is 46.3 Å². The Morgan fingerprint density at radius 3 is 2.63 bits per heavy atom. The number of ether oxygens (including phenoxy) is 1. The van der Waals surface area contributed by atoms with Gasteiger partial charge in [0.25, 0.3) is 0 Å². The van der Waals surface area contributed by atoms with E-state index in [0.29, 0.717) is 22.9 Å². The smallest absolute Gasteiger partial charge is 0.0659 e. The van der Waals surface area contributed by atoms with Gasteiger partial charge in [0.15, 0.2) is 0 Å². The van der Waals surface area contributed by atoms with Gasteiger partial charge in [0.2, 0.25) is 0 Å². The second-order valence-electron chi connectivity index (χ2n) is 12.1. The van der Waals surface area contributed by atoms with Gasteiger partial charge in [0.05, 0.1) is 18.1 Å². The summed E-state index contributed by atoms with van der Waals surface area (Å²) in [6.07, 6.45) is 17.5. The molecule has 30 heavy (non-hydrogen) atoms. The van der Waals surface area contributed by atoms with E-state index in [9.17, 15) is 5.26 Å². The van der Waals surface area contributed by atoms with Gasteiger partial charge < -0.3 is 4.74 Å². The molecule has 2 heteroatoms. The molecule has 0 bridgehead atoms. The molecule has 0 amide bonds. The monoisotopic (exact) mass is 411 g/mol. The van der Waals surface area contributed by atoms with Gasteiger partial charge in [-0.25, -0.2) is 0 Å². The molecule has 0 N–H and O–H groups in total. The fourth-order valence-electron chi connectivity index (χ4n) is 8.64. The van der Waals surface area contributed by atoms with Crippen molar-refractivity contribution in [3.8, 4) is 6.07 Å². The van der Waals surface area contributed by atoms with Crippen molar-refractivity contribution < 1.29 is 4.74 Å². The Morgan fingerprint density at radius 1 is 1.13 bits per heavy atom. The van der Waals surface area contributed by atoms with Crippen molar-refractivity contribution in [1.29, 1.82) is 5.26 Å². The molecule has 3 fully saturated rings. The number of hydrogen-bond donors (Lipinski definition) is 0. The van der Waals surface area contributed by atoms with Crippen LogP contribution >= 0.6 is 0 Å². The summed E-state index contributed by atoms with van der Waals surface area (Å²) >= 11 is 0. The predicted molar refractivity (Wildman–Crippen MR) is 124 cm³/mol. The van der Waals surface area contributed by atoms with E-state index in [1.807, 2.05) is 7.11 Å². The van der Waals surface area contributed by atoms with E-state index in [1.165, 1.54) is 57.8 Å². The van der Waals surface area contributed by atoms with Gasteiger partial charge in [0, 0.05) is 7.11 Å². The number of methoxy groups -OCH3 is 1. The zero-order valence-corrected chi connectivity index (χ0v) is 20.3. The van der Waals surface area contributed by atoms with E-state index >= 15 is 0 Å². The Balaban J connectivity index is 1.44. The van der Waals surface area contributed by atoms with Gasteiger partial charge in [-0.1, -0.05) is 45.8 Å². The Labute approximate surface area is 185 Å². The molecule has 0 spiro atoms. The first-order chi connectivity index (χ1) is 14.3. The van der Waals surface area contributed by atoms with Crippen molar-refractivity contribution in [2.75, 3.05) is 7.11 Å². The second kappa shape index (κ2) is 8.61. The Kier molecular flexibility index (Phi) is 6.43. The molecule has 4 rings (SSSR count). The number of rotatable bonds is 6. The van der Waals surface area contributed by atoms with Crippen LogP contribution in [-0.4, -0.2) is 13.2 Å². The molecule has 0 aromatic rings. The van der Waals surface area contributed by atoms with E-state index in [-0.39, 0.29) is 5.92 Å². The van der Waals surface area contributed by atoms with E-state index < -0.39 is 0 Å². The average molecular weight is 412 g/mol. The molecule has 0 aromatic carbocycles. The fourth-order valence-corrected chi connectivity index (χ4v) is 8.64. The zero-order valence-electron chi connectivity index (χ0n) is 20.3. The molecule has 168 valence electrons. The SMILES string of the molecule is COC(CCCC1CCC2C3CC=C4CC(C#N)CCC4(C)C3CCC12C)C(C)C. The lowest BCUT2D eigenvalue weighted by molar-refractivity contribution is -0.0448. The maximum absolute atomic E-state index is 9.45. The minimum Gasteiger partial charge on any atom is -0.381 e. The van der Waals surface area contributed by atoms with Gasteiger partial charge in [-0.15, -0.1) is 0 Å². The van der Waals surface area contributed by atoms with Crippen molar-refractivity contribution >= 4 is 0 Å². The van der Waals surface area contributed by atoms with Gasteiger partial charge >= 0.3 is 0 Å². The first kappa shape index (κ1) is 22.4. The number of allylic oxidation sites excluding steroid dienone is 2. The van der Waals surface area contributed by atoms with Gasteiger partial charge in [-0.05, 0) is 105 Å². The summed E-state index contributed by atoms with van der Waals surface area (Å²) in [4.78, 5) is 0. The number of fused-ring (bicyclic) bond motifs is 5. The van der Waals surface area contributed by atoms with E-state index in [1.54, 1.807) is 5.57 Å². The third-order valence-electron chi connectivity index (χ3n) is 10.6. The van der Waals surface area contributed by atoms with Crippen LogP contribution in [0.2, 0.25) is 0 Å². The topological polar surface area (TPSA) is 33.0 Å². The summed E-state index contributed by atoms with van der Waals surface area (Å²) in [6, 6.07) is 2.56. The molecule has 8 unspecified atom stereocenters. The summed E-state index contributed by atoms with van der Waals surface area (Å²) in [5.41, 5.74) is 2.60. The van der Waals surface area contributed by atoms with E-state index in [2.05, 4.69) is 39.8 Å². The third-order valence-corrected chi connectivity index (χ3v) is 10.6. The van der Waals surface area contributed by atoms with Gasteiger partial charge in [-0.3, -0.25) is 0 Å². The molecule has 0 heterocycles. The van der Waals surface area contributed by atoms with Crippen LogP contribution in [0.5, 0.6) is 0 Å². The Morgan fingerprint density at radius 2 is 1.93 bits per heavy atom. The molecule has 2 nitrogen and oxygen atoms in total. The van der Waals surface area contributed by atoms with E-state index in [4.69, 9.17) is 4.74 Å². The standard InChI is InChI=1S/C28H45NO/c1-19(2)26(30-5)8-6-7-21-10-12-24-23-11-9-22-17-20(18-29)13-15-28(22,4)25(23)14-16-27(21,24)3/h9,19-21,23-26H,6-8,10-17H2,1-5H3. The second-order valence-corrected chi connectivity index (χ2v) is 12.1. The van der Waals surface area contributed by atoms with Crippen LogP contribution in [0, 0.1) is 57.7 Å². The Hall–Kier alpha value is -0.810. The van der Waals surface area contributed by atoms with Gasteiger partial charge in [-0.2, -0.15) is 5.26 Å². The highest BCUT2D eigenvalue weighted by Crippen LogP contribution is 2.67. The van der Waals surface area contributed by atoms with Crippen LogP contribution in [0.25, 0.3) is 0 Å². The minimum atomic E-state index is 0.271. The van der Waals surface area contributed by atoms with Crippen LogP contribution < -0.4 is 0 Å². The largest absolute Gasteiger partial charge is 0.381 e. The summed E-state index contributed by atoms with van der Waals surface area (Å²) in [6.45, 7) is 9.81. The summed E-state index contributed by atoms with van der Waals surface area (Å²) in [7, 11) is 1.88. The molecule has 4 aliphatic carbocycles. The third kappa shape index (κ3) is 3.68. The van der Waals surface area contributed by atoms with Crippen molar-refractivity contribution in [1.82, 2.24) is 0 Å². The number of hydrogen-bond acceptors (Lipinski definition) is 2. The van der Waals surface area contributed by atoms with Crippen molar-refractivity contribution in [3.05, 3.63) is 11.6 Å². The molecular formula is C28H45NO. The van der Waals surface area contributed by atoms with Crippen molar-refractivity contribution in [3.63, 3.8) is 0 Å². The highest BCUT2D eigenvalue weighted by atomic mass is 16.5. The lowest BCUT2D eigenvalue weighted by Crippen LogP contribution is -2.50.